The van der Waals surface area contributed by atoms with E-state index in [1.165, 1.54) is 0 Å². The summed E-state index contributed by atoms with van der Waals surface area (Å²) in [6.45, 7) is 3.93. The molecule has 0 unspecified atom stereocenters. The van der Waals surface area contributed by atoms with E-state index in [0.717, 1.165) is 22.3 Å². The zero-order chi connectivity index (χ0) is 24.5. The van der Waals surface area contributed by atoms with E-state index < -0.39 is 27.5 Å². The van der Waals surface area contributed by atoms with Gasteiger partial charge in [-0.1, -0.05) is 121 Å². The van der Waals surface area contributed by atoms with E-state index in [9.17, 15) is 0 Å². The highest BCUT2D eigenvalue weighted by atomic mass is 32.1. The molecule has 0 saturated carbocycles. The van der Waals surface area contributed by atoms with E-state index in [2.05, 4.69) is 48.5 Å². The van der Waals surface area contributed by atoms with Crippen LogP contribution in [0.3, 0.4) is 0 Å². The van der Waals surface area contributed by atoms with Gasteiger partial charge in [-0.2, -0.15) is 25.3 Å². The van der Waals surface area contributed by atoms with Crippen molar-refractivity contribution in [1.29, 1.82) is 0 Å². The molecule has 0 bridgehead atoms. The zero-order valence-corrected chi connectivity index (χ0v) is 21.7. The van der Waals surface area contributed by atoms with Gasteiger partial charge in [0.15, 0.2) is 5.79 Å². The molecule has 1 heterocycles. The second-order valence-electron chi connectivity index (χ2n) is 9.47. The van der Waals surface area contributed by atoms with Crippen LogP contribution < -0.4 is 0 Å². The summed E-state index contributed by atoms with van der Waals surface area (Å²) in [6.07, 6.45) is -0.910. The van der Waals surface area contributed by atoms with Crippen LogP contribution >= 0.6 is 25.3 Å². The van der Waals surface area contributed by atoms with Gasteiger partial charge in [0.1, 0.15) is 12.2 Å². The Morgan fingerprint density at radius 2 is 0.714 bits per heavy atom. The lowest BCUT2D eigenvalue weighted by Gasteiger charge is -2.43. The molecule has 0 aromatic heterocycles. The van der Waals surface area contributed by atoms with Gasteiger partial charge < -0.3 is 9.47 Å². The molecule has 5 rings (SSSR count). The van der Waals surface area contributed by atoms with Crippen molar-refractivity contribution in [3.63, 3.8) is 0 Å². The summed E-state index contributed by atoms with van der Waals surface area (Å²) in [4.78, 5) is 0. The highest BCUT2D eigenvalue weighted by Crippen LogP contribution is 2.54. The number of ether oxygens (including phenoxy) is 2. The standard InChI is InChI=1S/C31H30O2S2/c1-29(2)32-27(30(34,23-15-7-3-8-16-23)24-17-9-4-10-18-24)28(33-29)31(35,25-19-11-5-12-20-25)26-21-13-6-14-22-26/h3-22,27-28,34-35H,1-2H3/t27-,28-/m0/s1. The van der Waals surface area contributed by atoms with Crippen LogP contribution in [0.5, 0.6) is 0 Å². The molecule has 0 spiro atoms. The minimum atomic E-state index is -0.829. The topological polar surface area (TPSA) is 18.5 Å². The van der Waals surface area contributed by atoms with Crippen LogP contribution in [0.2, 0.25) is 0 Å². The number of hydrogen-bond acceptors (Lipinski definition) is 4. The fraction of sp³-hybridized carbons (Fsp3) is 0.226. The Bertz CT molecular complexity index is 1070. The molecule has 35 heavy (non-hydrogen) atoms. The first kappa shape index (κ1) is 24.2. The average Bonchev–Trinajstić information content (AvgIpc) is 3.26. The first-order valence-corrected chi connectivity index (χ1v) is 12.8. The van der Waals surface area contributed by atoms with Crippen LogP contribution in [-0.2, 0) is 19.0 Å². The van der Waals surface area contributed by atoms with Crippen LogP contribution in [0.15, 0.2) is 121 Å². The van der Waals surface area contributed by atoms with Crippen molar-refractivity contribution < 1.29 is 9.47 Å². The van der Waals surface area contributed by atoms with Gasteiger partial charge in [0.25, 0.3) is 0 Å². The molecule has 2 nitrogen and oxygen atoms in total. The number of rotatable bonds is 6. The van der Waals surface area contributed by atoms with Crippen LogP contribution in [-0.4, -0.2) is 18.0 Å². The van der Waals surface area contributed by atoms with Crippen molar-refractivity contribution in [3.8, 4) is 0 Å². The summed E-state index contributed by atoms with van der Waals surface area (Å²) in [7, 11) is 0. The zero-order valence-electron chi connectivity index (χ0n) is 19.9. The summed E-state index contributed by atoms with van der Waals surface area (Å²) in [5.41, 5.74) is 4.18. The second kappa shape index (κ2) is 9.51. The van der Waals surface area contributed by atoms with Gasteiger partial charge >= 0.3 is 0 Å². The average molecular weight is 499 g/mol. The van der Waals surface area contributed by atoms with Gasteiger partial charge in [-0.05, 0) is 36.1 Å². The Morgan fingerprint density at radius 1 is 0.486 bits per heavy atom. The van der Waals surface area contributed by atoms with Gasteiger partial charge in [-0.25, -0.2) is 0 Å². The Hall–Kier alpha value is -2.50. The summed E-state index contributed by atoms with van der Waals surface area (Å²) in [5, 5.41) is 0. The summed E-state index contributed by atoms with van der Waals surface area (Å²) < 4.78 is 12.0. The molecule has 0 aliphatic carbocycles. The molecule has 1 aliphatic rings. The number of benzene rings is 4. The Morgan fingerprint density at radius 3 is 0.943 bits per heavy atom. The maximum absolute atomic E-state index is 6.78. The van der Waals surface area contributed by atoms with Gasteiger partial charge in [-0.15, -0.1) is 0 Å². The van der Waals surface area contributed by atoms with E-state index in [4.69, 9.17) is 34.7 Å². The fourth-order valence-corrected chi connectivity index (χ4v) is 6.10. The Balaban J connectivity index is 1.76. The fourth-order valence-electron chi connectivity index (χ4n) is 5.13. The maximum atomic E-state index is 6.78. The Kier molecular flexibility index (Phi) is 6.58. The second-order valence-corrected chi connectivity index (χ2v) is 10.9. The molecule has 0 radical (unpaired) electrons. The molecule has 4 aromatic carbocycles. The normalized spacial score (nSPS) is 20.0. The van der Waals surface area contributed by atoms with Crippen molar-refractivity contribution in [2.45, 2.75) is 41.3 Å². The minimum absolute atomic E-state index is 0.455. The van der Waals surface area contributed by atoms with Crippen LogP contribution in [0.25, 0.3) is 0 Å². The van der Waals surface area contributed by atoms with E-state index in [1.807, 2.05) is 86.6 Å². The number of hydrogen-bond donors (Lipinski definition) is 2. The van der Waals surface area contributed by atoms with Gasteiger partial charge in [0.05, 0.1) is 9.49 Å². The molecule has 1 fully saturated rings. The highest BCUT2D eigenvalue weighted by molar-refractivity contribution is 7.82. The summed E-state index contributed by atoms with van der Waals surface area (Å²) in [5.74, 6) is -0.829. The van der Waals surface area contributed by atoms with Gasteiger partial charge in [0.2, 0.25) is 0 Å². The van der Waals surface area contributed by atoms with E-state index >= 15 is 0 Å². The lowest BCUT2D eigenvalue weighted by molar-refractivity contribution is -0.149. The molecule has 0 N–H and O–H groups in total. The molecule has 4 aromatic rings. The van der Waals surface area contributed by atoms with Crippen LogP contribution in [0.1, 0.15) is 36.1 Å². The van der Waals surface area contributed by atoms with Gasteiger partial charge in [-0.3, -0.25) is 0 Å². The van der Waals surface area contributed by atoms with Crippen molar-refractivity contribution in [1.82, 2.24) is 0 Å². The number of thiol groups is 2. The SMILES string of the molecule is CC1(C)O[C@H](C(S)(c2ccccc2)c2ccccc2)[C@@H](C(S)(c2ccccc2)c2ccccc2)O1. The lowest BCUT2D eigenvalue weighted by atomic mass is 9.76. The molecule has 1 aliphatic heterocycles. The Labute approximate surface area is 219 Å². The van der Waals surface area contributed by atoms with E-state index in [0.29, 0.717) is 0 Å². The first-order valence-electron chi connectivity index (χ1n) is 11.9. The lowest BCUT2D eigenvalue weighted by Crippen LogP contribution is -2.50. The highest BCUT2D eigenvalue weighted by Gasteiger charge is 2.59. The molecule has 0 amide bonds. The third-order valence-corrected chi connectivity index (χ3v) is 8.32. The molecule has 1 saturated heterocycles. The van der Waals surface area contributed by atoms with Crippen molar-refractivity contribution in [2.75, 3.05) is 0 Å². The summed E-state index contributed by atoms with van der Waals surface area (Å²) in [6, 6.07) is 41.3. The quantitative estimate of drug-likeness (QED) is 0.273. The molecule has 4 heteroatoms. The van der Waals surface area contributed by atoms with Crippen molar-refractivity contribution >= 4 is 25.3 Å². The first-order chi connectivity index (χ1) is 16.9. The van der Waals surface area contributed by atoms with Gasteiger partial charge in [0, 0.05) is 0 Å². The molecule has 178 valence electrons. The summed E-state index contributed by atoms with van der Waals surface area (Å²) >= 11 is 10.9. The third-order valence-electron chi connectivity index (χ3n) is 6.78. The van der Waals surface area contributed by atoms with Crippen molar-refractivity contribution in [2.24, 2.45) is 0 Å². The van der Waals surface area contributed by atoms with E-state index in [1.54, 1.807) is 0 Å². The van der Waals surface area contributed by atoms with Crippen molar-refractivity contribution in [3.05, 3.63) is 144 Å². The smallest absolute Gasteiger partial charge is 0.163 e. The predicted octanol–water partition coefficient (Wildman–Crippen LogP) is 7.25. The van der Waals surface area contributed by atoms with E-state index in [-0.39, 0.29) is 0 Å². The van der Waals surface area contributed by atoms with Crippen LogP contribution in [0, 0.1) is 0 Å². The minimum Gasteiger partial charge on any atom is -0.342 e. The largest absolute Gasteiger partial charge is 0.342 e. The molecule has 2 atom stereocenters. The molecular formula is C31H30O2S2. The molecular weight excluding hydrogens is 468 g/mol. The maximum Gasteiger partial charge on any atom is 0.163 e. The van der Waals surface area contributed by atoms with Crippen LogP contribution in [0.4, 0.5) is 0 Å². The predicted molar refractivity (Wildman–Crippen MR) is 149 cm³/mol. The third kappa shape index (κ3) is 4.34. The monoisotopic (exact) mass is 498 g/mol.